The van der Waals surface area contributed by atoms with Gasteiger partial charge in [0.05, 0.1) is 15.9 Å². The summed E-state index contributed by atoms with van der Waals surface area (Å²) in [6.07, 6.45) is 0. The third kappa shape index (κ3) is 5.11. The van der Waals surface area contributed by atoms with Crippen LogP contribution in [0.1, 0.15) is 23.3 Å². The van der Waals surface area contributed by atoms with E-state index < -0.39 is 15.3 Å². The molecule has 0 bridgehead atoms. The molecule has 3 N–H and O–H groups in total. The SMILES string of the molecule is CCn1c(S[C@H](C(=O)Nc2ccc(C)cc2)c2ccccc2)nc2cc(S(N)(=O)=O)ccc21. The molecule has 0 unspecified atom stereocenters. The normalized spacial score (nSPS) is 12.6. The van der Waals surface area contributed by atoms with Crippen molar-refractivity contribution in [2.75, 3.05) is 5.32 Å². The molecule has 1 heterocycles. The molecule has 9 heteroatoms. The lowest BCUT2D eigenvalue weighted by Crippen LogP contribution is -2.19. The largest absolute Gasteiger partial charge is 0.325 e. The van der Waals surface area contributed by atoms with Gasteiger partial charge in [0.25, 0.3) is 0 Å². The number of anilines is 1. The van der Waals surface area contributed by atoms with Gasteiger partial charge in [-0.3, -0.25) is 4.79 Å². The first-order valence-electron chi connectivity index (χ1n) is 10.4. The van der Waals surface area contributed by atoms with Gasteiger partial charge >= 0.3 is 0 Å². The minimum atomic E-state index is -3.84. The van der Waals surface area contributed by atoms with Gasteiger partial charge in [-0.15, -0.1) is 0 Å². The Hall–Kier alpha value is -3.14. The van der Waals surface area contributed by atoms with Crippen molar-refractivity contribution in [2.45, 2.75) is 35.7 Å². The van der Waals surface area contributed by atoms with Gasteiger partial charge < -0.3 is 9.88 Å². The fourth-order valence-corrected chi connectivity index (χ4v) is 5.22. The zero-order valence-corrected chi connectivity index (χ0v) is 19.9. The Morgan fingerprint density at radius 3 is 2.42 bits per heavy atom. The number of amides is 1. The summed E-state index contributed by atoms with van der Waals surface area (Å²) < 4.78 is 25.5. The number of fused-ring (bicyclic) bond motifs is 1. The van der Waals surface area contributed by atoms with E-state index in [9.17, 15) is 13.2 Å². The fourth-order valence-electron chi connectivity index (χ4n) is 3.51. The van der Waals surface area contributed by atoms with Crippen molar-refractivity contribution < 1.29 is 13.2 Å². The summed E-state index contributed by atoms with van der Waals surface area (Å²) in [5.74, 6) is -0.171. The number of thioether (sulfide) groups is 1. The standard InChI is InChI=1S/C24H24N4O3S2/c1-3-28-21-14-13-19(33(25,30)31)15-20(21)27-24(28)32-22(17-7-5-4-6-8-17)23(29)26-18-11-9-16(2)10-12-18/h4-15,22H,3H2,1-2H3,(H,26,29)(H2,25,30,31)/t22-/m0/s1. The zero-order chi connectivity index (χ0) is 23.6. The Bertz CT molecular complexity index is 1400. The van der Waals surface area contributed by atoms with Gasteiger partial charge in [0.1, 0.15) is 5.25 Å². The molecule has 0 saturated heterocycles. The Labute approximate surface area is 197 Å². The lowest BCUT2D eigenvalue weighted by Gasteiger charge is -2.17. The van der Waals surface area contributed by atoms with Gasteiger partial charge in [-0.1, -0.05) is 59.8 Å². The van der Waals surface area contributed by atoms with Crippen molar-refractivity contribution in [3.8, 4) is 0 Å². The minimum Gasteiger partial charge on any atom is -0.325 e. The smallest absolute Gasteiger partial charge is 0.242 e. The van der Waals surface area contributed by atoms with Crippen LogP contribution in [0.3, 0.4) is 0 Å². The third-order valence-electron chi connectivity index (χ3n) is 5.21. The van der Waals surface area contributed by atoms with Crippen molar-refractivity contribution >= 4 is 44.4 Å². The zero-order valence-electron chi connectivity index (χ0n) is 18.2. The van der Waals surface area contributed by atoms with Crippen LogP contribution < -0.4 is 10.5 Å². The van der Waals surface area contributed by atoms with Crippen LogP contribution in [-0.4, -0.2) is 23.9 Å². The predicted molar refractivity (Wildman–Crippen MR) is 132 cm³/mol. The molecule has 1 amide bonds. The first kappa shape index (κ1) is 23.0. The van der Waals surface area contributed by atoms with E-state index in [2.05, 4.69) is 10.3 Å². The number of carbonyl (C=O) groups excluding carboxylic acids is 1. The first-order valence-corrected chi connectivity index (χ1v) is 12.8. The summed E-state index contributed by atoms with van der Waals surface area (Å²) in [6.45, 7) is 4.57. The van der Waals surface area contributed by atoms with Gasteiger partial charge in [-0.05, 0) is 49.7 Å². The summed E-state index contributed by atoms with van der Waals surface area (Å²) in [4.78, 5) is 18.0. The molecule has 3 aromatic carbocycles. The number of primary sulfonamides is 1. The number of imidazole rings is 1. The summed E-state index contributed by atoms with van der Waals surface area (Å²) in [6, 6.07) is 21.8. The molecule has 0 radical (unpaired) electrons. The molecular weight excluding hydrogens is 456 g/mol. The molecule has 1 atom stereocenters. The van der Waals surface area contributed by atoms with Crippen LogP contribution in [-0.2, 0) is 21.4 Å². The number of benzene rings is 3. The molecule has 170 valence electrons. The average molecular weight is 481 g/mol. The monoisotopic (exact) mass is 480 g/mol. The van der Waals surface area contributed by atoms with E-state index in [1.165, 1.54) is 23.9 Å². The number of carbonyl (C=O) groups is 1. The third-order valence-corrected chi connectivity index (χ3v) is 7.37. The average Bonchev–Trinajstić information content (AvgIpc) is 3.15. The number of hydrogen-bond acceptors (Lipinski definition) is 5. The Morgan fingerprint density at radius 2 is 1.79 bits per heavy atom. The lowest BCUT2D eigenvalue weighted by atomic mass is 10.1. The van der Waals surface area contributed by atoms with E-state index in [1.54, 1.807) is 6.07 Å². The van der Waals surface area contributed by atoms with Crippen molar-refractivity contribution in [1.29, 1.82) is 0 Å². The van der Waals surface area contributed by atoms with Crippen LogP contribution in [0.5, 0.6) is 0 Å². The van der Waals surface area contributed by atoms with Gasteiger partial charge in [0.2, 0.25) is 15.9 Å². The molecule has 33 heavy (non-hydrogen) atoms. The molecule has 0 fully saturated rings. The van der Waals surface area contributed by atoms with Crippen LogP contribution in [0.15, 0.2) is 82.8 Å². The van der Waals surface area contributed by atoms with Crippen molar-refractivity contribution in [3.63, 3.8) is 0 Å². The molecule has 1 aromatic heterocycles. The summed E-state index contributed by atoms with van der Waals surface area (Å²) in [5.41, 5.74) is 3.95. The Balaban J connectivity index is 1.72. The minimum absolute atomic E-state index is 0.00373. The second-order valence-corrected chi connectivity index (χ2v) is 10.2. The molecule has 0 aliphatic rings. The van der Waals surface area contributed by atoms with Gasteiger partial charge in [0, 0.05) is 12.2 Å². The van der Waals surface area contributed by atoms with E-state index in [-0.39, 0.29) is 10.8 Å². The number of nitrogens with one attached hydrogen (secondary N) is 1. The van der Waals surface area contributed by atoms with Crippen LogP contribution >= 0.6 is 11.8 Å². The van der Waals surface area contributed by atoms with Crippen LogP contribution in [0.4, 0.5) is 5.69 Å². The Kier molecular flexibility index (Phi) is 6.55. The summed E-state index contributed by atoms with van der Waals surface area (Å²) in [5, 5.41) is 8.33. The second kappa shape index (κ2) is 9.38. The number of hydrogen-bond donors (Lipinski definition) is 2. The maximum absolute atomic E-state index is 13.3. The number of nitrogens with two attached hydrogens (primary N) is 1. The highest BCUT2D eigenvalue weighted by atomic mass is 32.2. The molecule has 0 aliphatic heterocycles. The molecule has 4 rings (SSSR count). The molecule has 4 aromatic rings. The number of aryl methyl sites for hydroxylation is 2. The number of sulfonamides is 1. The molecule has 0 aliphatic carbocycles. The van der Waals surface area contributed by atoms with Crippen molar-refractivity contribution in [2.24, 2.45) is 5.14 Å². The number of nitrogens with zero attached hydrogens (tertiary/aromatic N) is 2. The molecular formula is C24H24N4O3S2. The van der Waals surface area contributed by atoms with Gasteiger partial charge in [0.15, 0.2) is 5.16 Å². The Morgan fingerprint density at radius 1 is 1.09 bits per heavy atom. The van der Waals surface area contributed by atoms with E-state index in [0.29, 0.717) is 22.9 Å². The highest BCUT2D eigenvalue weighted by Crippen LogP contribution is 2.37. The van der Waals surface area contributed by atoms with Gasteiger partial charge in [-0.25, -0.2) is 18.5 Å². The quantitative estimate of drug-likeness (QED) is 0.379. The highest BCUT2D eigenvalue weighted by Gasteiger charge is 2.25. The van der Waals surface area contributed by atoms with E-state index in [0.717, 1.165) is 16.6 Å². The van der Waals surface area contributed by atoms with Crippen LogP contribution in [0.2, 0.25) is 0 Å². The van der Waals surface area contributed by atoms with E-state index in [1.807, 2.05) is 73.0 Å². The van der Waals surface area contributed by atoms with Crippen molar-refractivity contribution in [3.05, 3.63) is 83.9 Å². The second-order valence-electron chi connectivity index (χ2n) is 7.60. The summed E-state index contributed by atoms with van der Waals surface area (Å²) >= 11 is 1.32. The van der Waals surface area contributed by atoms with E-state index in [4.69, 9.17) is 5.14 Å². The first-order chi connectivity index (χ1) is 15.8. The fraction of sp³-hybridized carbons (Fsp3) is 0.167. The maximum atomic E-state index is 13.3. The number of rotatable bonds is 7. The maximum Gasteiger partial charge on any atom is 0.242 e. The molecule has 7 nitrogen and oxygen atoms in total. The lowest BCUT2D eigenvalue weighted by molar-refractivity contribution is -0.115. The molecule has 0 saturated carbocycles. The highest BCUT2D eigenvalue weighted by molar-refractivity contribution is 8.00. The van der Waals surface area contributed by atoms with Crippen LogP contribution in [0, 0.1) is 6.92 Å². The van der Waals surface area contributed by atoms with E-state index >= 15 is 0 Å². The number of aromatic nitrogens is 2. The van der Waals surface area contributed by atoms with Gasteiger partial charge in [-0.2, -0.15) is 0 Å². The van der Waals surface area contributed by atoms with Crippen LogP contribution in [0.25, 0.3) is 11.0 Å². The van der Waals surface area contributed by atoms with Crippen molar-refractivity contribution in [1.82, 2.24) is 9.55 Å². The molecule has 0 spiro atoms. The summed E-state index contributed by atoms with van der Waals surface area (Å²) in [7, 11) is -3.84. The predicted octanol–water partition coefficient (Wildman–Crippen LogP) is 4.48. The topological polar surface area (TPSA) is 107 Å².